The van der Waals surface area contributed by atoms with Crippen molar-refractivity contribution in [2.24, 2.45) is 5.16 Å². The standard InChI is InChI=1S/C16H16ClN3O2/c1-18-10-15(21)19-14-8-7-12(17)9-13(14)16(20-22)11-5-3-2-4-6-11/h2-9,18,22H,10H2,1H3,(H,19,21)/b20-16-. The molecule has 1 amide bonds. The van der Waals surface area contributed by atoms with E-state index >= 15 is 0 Å². The Kier molecular flexibility index (Phi) is 5.52. The monoisotopic (exact) mass is 317 g/mol. The predicted molar refractivity (Wildman–Crippen MR) is 87.9 cm³/mol. The van der Waals surface area contributed by atoms with Gasteiger partial charge in [-0.25, -0.2) is 0 Å². The third kappa shape index (κ3) is 3.84. The third-order valence-corrected chi connectivity index (χ3v) is 3.23. The van der Waals surface area contributed by atoms with Crippen molar-refractivity contribution in [1.82, 2.24) is 5.32 Å². The van der Waals surface area contributed by atoms with Crippen molar-refractivity contribution in [1.29, 1.82) is 0 Å². The Labute approximate surface area is 133 Å². The maximum absolute atomic E-state index is 11.8. The fourth-order valence-corrected chi connectivity index (χ4v) is 2.21. The number of halogens is 1. The zero-order chi connectivity index (χ0) is 15.9. The largest absolute Gasteiger partial charge is 0.410 e. The lowest BCUT2D eigenvalue weighted by Gasteiger charge is -2.13. The molecule has 0 heterocycles. The average molecular weight is 318 g/mol. The van der Waals surface area contributed by atoms with Crippen molar-refractivity contribution in [2.75, 3.05) is 18.9 Å². The maximum Gasteiger partial charge on any atom is 0.238 e. The van der Waals surface area contributed by atoms with E-state index in [9.17, 15) is 10.0 Å². The van der Waals surface area contributed by atoms with Gasteiger partial charge in [-0.15, -0.1) is 0 Å². The van der Waals surface area contributed by atoms with Crippen LogP contribution in [0.2, 0.25) is 5.02 Å². The molecule has 0 fully saturated rings. The number of hydrogen-bond acceptors (Lipinski definition) is 4. The van der Waals surface area contributed by atoms with Crippen LogP contribution in [0.1, 0.15) is 11.1 Å². The van der Waals surface area contributed by atoms with Crippen molar-refractivity contribution >= 4 is 28.9 Å². The van der Waals surface area contributed by atoms with E-state index in [1.807, 2.05) is 30.3 Å². The van der Waals surface area contributed by atoms with Gasteiger partial charge in [-0.1, -0.05) is 47.1 Å². The van der Waals surface area contributed by atoms with Crippen LogP contribution < -0.4 is 10.6 Å². The van der Waals surface area contributed by atoms with Gasteiger partial charge in [0.05, 0.1) is 12.2 Å². The van der Waals surface area contributed by atoms with Gasteiger partial charge in [0.2, 0.25) is 5.91 Å². The van der Waals surface area contributed by atoms with Gasteiger partial charge in [0.25, 0.3) is 0 Å². The molecule has 3 N–H and O–H groups in total. The van der Waals surface area contributed by atoms with Crippen LogP contribution in [0.15, 0.2) is 53.7 Å². The van der Waals surface area contributed by atoms with Gasteiger partial charge in [-0.3, -0.25) is 4.79 Å². The lowest BCUT2D eigenvalue weighted by molar-refractivity contribution is -0.115. The number of rotatable bonds is 5. The number of anilines is 1. The van der Waals surface area contributed by atoms with Gasteiger partial charge in [-0.05, 0) is 25.2 Å². The lowest BCUT2D eigenvalue weighted by Crippen LogP contribution is -2.26. The van der Waals surface area contributed by atoms with Crippen LogP contribution >= 0.6 is 11.6 Å². The quantitative estimate of drug-likeness (QED) is 0.451. The van der Waals surface area contributed by atoms with Crippen LogP contribution in [0.5, 0.6) is 0 Å². The summed E-state index contributed by atoms with van der Waals surface area (Å²) >= 11 is 6.04. The van der Waals surface area contributed by atoms with Crippen molar-refractivity contribution in [3.63, 3.8) is 0 Å². The molecule has 0 bridgehead atoms. The Morgan fingerprint density at radius 3 is 2.59 bits per heavy atom. The number of amides is 1. The summed E-state index contributed by atoms with van der Waals surface area (Å²) in [4.78, 5) is 11.8. The van der Waals surface area contributed by atoms with E-state index in [4.69, 9.17) is 11.6 Å². The molecule has 0 saturated heterocycles. The summed E-state index contributed by atoms with van der Waals surface area (Å²) in [5, 5.41) is 18.8. The Morgan fingerprint density at radius 2 is 1.95 bits per heavy atom. The molecule has 5 nitrogen and oxygen atoms in total. The smallest absolute Gasteiger partial charge is 0.238 e. The minimum Gasteiger partial charge on any atom is -0.410 e. The van der Waals surface area contributed by atoms with Gasteiger partial charge in [0.15, 0.2) is 0 Å². The fraction of sp³-hybridized carbons (Fsp3) is 0.125. The summed E-state index contributed by atoms with van der Waals surface area (Å²) < 4.78 is 0. The molecule has 22 heavy (non-hydrogen) atoms. The molecule has 0 aromatic heterocycles. The average Bonchev–Trinajstić information content (AvgIpc) is 2.52. The van der Waals surface area contributed by atoms with Crippen molar-refractivity contribution in [3.05, 3.63) is 64.7 Å². The van der Waals surface area contributed by atoms with Crippen molar-refractivity contribution < 1.29 is 10.0 Å². The van der Waals surface area contributed by atoms with Gasteiger partial charge >= 0.3 is 0 Å². The second-order valence-electron chi connectivity index (χ2n) is 4.58. The molecule has 0 aliphatic rings. The number of benzene rings is 2. The van der Waals surface area contributed by atoms with Gasteiger partial charge < -0.3 is 15.8 Å². The Morgan fingerprint density at radius 1 is 1.23 bits per heavy atom. The predicted octanol–water partition coefficient (Wildman–Crippen LogP) is 2.72. The van der Waals surface area contributed by atoms with Crippen LogP contribution in [-0.4, -0.2) is 30.4 Å². The second-order valence-corrected chi connectivity index (χ2v) is 5.02. The number of carbonyl (C=O) groups excluding carboxylic acids is 1. The molecule has 0 unspecified atom stereocenters. The number of nitrogens with one attached hydrogen (secondary N) is 2. The summed E-state index contributed by atoms with van der Waals surface area (Å²) in [6.07, 6.45) is 0. The Balaban J connectivity index is 2.44. The molecule has 0 atom stereocenters. The highest BCUT2D eigenvalue weighted by atomic mass is 35.5. The zero-order valence-electron chi connectivity index (χ0n) is 12.0. The molecule has 0 aliphatic carbocycles. The first-order valence-corrected chi connectivity index (χ1v) is 7.05. The molecular weight excluding hydrogens is 302 g/mol. The summed E-state index contributed by atoms with van der Waals surface area (Å²) in [6.45, 7) is 0.180. The Bertz CT molecular complexity index is 687. The fourth-order valence-electron chi connectivity index (χ4n) is 2.04. The first-order chi connectivity index (χ1) is 10.7. The van der Waals surface area contributed by atoms with E-state index in [2.05, 4.69) is 15.8 Å². The van der Waals surface area contributed by atoms with Crippen molar-refractivity contribution in [3.8, 4) is 0 Å². The minimum atomic E-state index is -0.198. The summed E-state index contributed by atoms with van der Waals surface area (Å²) in [6, 6.07) is 14.2. The van der Waals surface area contributed by atoms with Crippen molar-refractivity contribution in [2.45, 2.75) is 0 Å². The van der Waals surface area contributed by atoms with E-state index in [0.29, 0.717) is 22.0 Å². The first kappa shape index (κ1) is 16.0. The van der Waals surface area contributed by atoms with Crippen LogP contribution in [0.4, 0.5) is 5.69 Å². The number of oxime groups is 1. The van der Waals surface area contributed by atoms with E-state index in [1.54, 1.807) is 25.2 Å². The molecule has 0 radical (unpaired) electrons. The Hall–Kier alpha value is -2.37. The maximum atomic E-state index is 11.8. The van der Waals surface area contributed by atoms with Crippen LogP contribution in [-0.2, 0) is 4.79 Å². The molecule has 2 aromatic rings. The topological polar surface area (TPSA) is 73.7 Å². The summed E-state index contributed by atoms with van der Waals surface area (Å²) in [5.74, 6) is -0.198. The number of carbonyl (C=O) groups is 1. The van der Waals surface area contributed by atoms with Crippen LogP contribution in [0, 0.1) is 0 Å². The molecule has 6 heteroatoms. The lowest BCUT2D eigenvalue weighted by atomic mass is 10.0. The van der Waals surface area contributed by atoms with Crippen LogP contribution in [0.3, 0.4) is 0 Å². The molecular formula is C16H16ClN3O2. The van der Waals surface area contributed by atoms with E-state index in [0.717, 1.165) is 5.56 Å². The molecule has 0 saturated carbocycles. The number of likely N-dealkylation sites (N-methyl/N-ethyl adjacent to an activating group) is 1. The van der Waals surface area contributed by atoms with E-state index < -0.39 is 0 Å². The highest BCUT2D eigenvalue weighted by Crippen LogP contribution is 2.24. The SMILES string of the molecule is CNCC(=O)Nc1ccc(Cl)cc1/C(=N\O)c1ccccc1. The second kappa shape index (κ2) is 7.59. The summed E-state index contributed by atoms with van der Waals surface area (Å²) in [7, 11) is 1.69. The first-order valence-electron chi connectivity index (χ1n) is 6.67. The number of hydrogen-bond donors (Lipinski definition) is 3. The molecule has 0 spiro atoms. The van der Waals surface area contributed by atoms with E-state index in [1.165, 1.54) is 0 Å². The van der Waals surface area contributed by atoms with Gasteiger partial charge in [-0.2, -0.15) is 0 Å². The molecule has 2 rings (SSSR count). The highest BCUT2D eigenvalue weighted by Gasteiger charge is 2.14. The van der Waals surface area contributed by atoms with E-state index in [-0.39, 0.29) is 12.5 Å². The summed E-state index contributed by atoms with van der Waals surface area (Å²) in [5.41, 5.74) is 2.13. The third-order valence-electron chi connectivity index (χ3n) is 3.00. The molecule has 0 aliphatic heterocycles. The molecule has 2 aromatic carbocycles. The normalized spacial score (nSPS) is 11.3. The van der Waals surface area contributed by atoms with Gasteiger partial charge in [0, 0.05) is 16.1 Å². The number of nitrogens with zero attached hydrogens (tertiary/aromatic N) is 1. The minimum absolute atomic E-state index is 0.180. The zero-order valence-corrected chi connectivity index (χ0v) is 12.8. The highest BCUT2D eigenvalue weighted by molar-refractivity contribution is 6.31. The van der Waals surface area contributed by atoms with Crippen LogP contribution in [0.25, 0.3) is 0 Å². The van der Waals surface area contributed by atoms with Gasteiger partial charge in [0.1, 0.15) is 5.71 Å². The molecule has 114 valence electrons.